The van der Waals surface area contributed by atoms with Crippen LogP contribution in [-0.4, -0.2) is 16.1 Å². The van der Waals surface area contributed by atoms with Gasteiger partial charge < -0.3 is 14.8 Å². The maximum Gasteiger partial charge on any atom is 0.356 e. The molecule has 2 N–H and O–H groups in total. The number of pyridine rings is 1. The maximum atomic E-state index is 13.2. The third-order valence-corrected chi connectivity index (χ3v) is 5.28. The summed E-state index contributed by atoms with van der Waals surface area (Å²) >= 11 is 0. The average Bonchev–Trinajstić information content (AvgIpc) is 2.77. The van der Waals surface area contributed by atoms with Gasteiger partial charge in [-0.1, -0.05) is 36.4 Å². The number of rotatable bonds is 5. The molecule has 0 fully saturated rings. The first-order valence-corrected chi connectivity index (χ1v) is 9.95. The normalized spacial score (nSPS) is 12.0. The van der Waals surface area contributed by atoms with E-state index in [0.29, 0.717) is 28.0 Å². The lowest BCUT2D eigenvalue weighted by atomic mass is 9.98. The molecule has 156 valence electrons. The molecule has 6 heteroatoms. The van der Waals surface area contributed by atoms with Gasteiger partial charge >= 0.3 is 5.97 Å². The van der Waals surface area contributed by atoms with Crippen molar-refractivity contribution in [3.8, 4) is 11.3 Å². The van der Waals surface area contributed by atoms with Crippen LogP contribution in [0.15, 0.2) is 70.0 Å². The predicted octanol–water partition coefficient (Wildman–Crippen LogP) is 5.34. The number of fused-ring (bicyclic) bond motifs is 1. The second-order valence-corrected chi connectivity index (χ2v) is 7.55. The van der Waals surface area contributed by atoms with E-state index in [4.69, 9.17) is 4.42 Å². The molecule has 4 rings (SSSR count). The van der Waals surface area contributed by atoms with Crippen molar-refractivity contribution in [1.82, 2.24) is 4.98 Å². The summed E-state index contributed by atoms with van der Waals surface area (Å²) < 4.78 is 6.31. The highest BCUT2D eigenvalue weighted by Crippen LogP contribution is 2.32. The number of benzene rings is 2. The Hall–Kier alpha value is -3.93. The SMILES string of the molecule is Cc1cc([C@@H](C)Nc2cccnc2C(=O)O)c2oc(-c3ccccc3)c(C)c(=O)c2c1. The Bertz CT molecular complexity index is 1340. The number of anilines is 1. The van der Waals surface area contributed by atoms with Crippen LogP contribution in [0.5, 0.6) is 0 Å². The first-order valence-electron chi connectivity index (χ1n) is 9.95. The number of aromatic nitrogens is 1. The largest absolute Gasteiger partial charge is 0.476 e. The molecule has 0 spiro atoms. The van der Waals surface area contributed by atoms with Crippen LogP contribution < -0.4 is 10.7 Å². The van der Waals surface area contributed by atoms with Gasteiger partial charge in [0.25, 0.3) is 0 Å². The molecule has 2 aromatic carbocycles. The zero-order valence-corrected chi connectivity index (χ0v) is 17.5. The van der Waals surface area contributed by atoms with E-state index in [2.05, 4.69) is 10.3 Å². The summed E-state index contributed by atoms with van der Waals surface area (Å²) in [6.07, 6.45) is 1.44. The third-order valence-electron chi connectivity index (χ3n) is 5.28. The zero-order valence-electron chi connectivity index (χ0n) is 17.5. The summed E-state index contributed by atoms with van der Waals surface area (Å²) in [6, 6.07) is 16.3. The van der Waals surface area contributed by atoms with Crippen LogP contribution in [0.2, 0.25) is 0 Å². The topological polar surface area (TPSA) is 92.4 Å². The Balaban J connectivity index is 1.89. The molecular formula is C25H22N2O4. The first-order chi connectivity index (χ1) is 14.9. The standard InChI is InChI=1S/C25H22N2O4/c1-14-12-18(16(3)27-20-10-7-11-26-21(20)25(29)30)24-19(13-14)22(28)15(2)23(31-24)17-8-5-4-6-9-17/h4-13,16,27H,1-3H3,(H,29,30)/t16-/m1/s1. The van der Waals surface area contributed by atoms with E-state index in [1.54, 1.807) is 19.1 Å². The third kappa shape index (κ3) is 3.80. The number of nitrogens with zero attached hydrogens (tertiary/aromatic N) is 1. The van der Waals surface area contributed by atoms with Crippen molar-refractivity contribution < 1.29 is 14.3 Å². The van der Waals surface area contributed by atoms with Gasteiger partial charge in [-0.05, 0) is 44.5 Å². The molecule has 0 aliphatic carbocycles. The number of hydrogen-bond acceptors (Lipinski definition) is 5. The van der Waals surface area contributed by atoms with E-state index >= 15 is 0 Å². The number of nitrogens with one attached hydrogen (secondary N) is 1. The fraction of sp³-hybridized carbons (Fsp3) is 0.160. The first kappa shape index (κ1) is 20.3. The highest BCUT2D eigenvalue weighted by atomic mass is 16.4. The molecule has 0 amide bonds. The summed E-state index contributed by atoms with van der Waals surface area (Å²) in [6.45, 7) is 5.59. The second-order valence-electron chi connectivity index (χ2n) is 7.55. The van der Waals surface area contributed by atoms with Crippen molar-refractivity contribution in [1.29, 1.82) is 0 Å². The van der Waals surface area contributed by atoms with Crippen molar-refractivity contribution >= 4 is 22.6 Å². The molecule has 2 aromatic heterocycles. The highest BCUT2D eigenvalue weighted by Gasteiger charge is 2.20. The lowest BCUT2D eigenvalue weighted by Crippen LogP contribution is -2.14. The van der Waals surface area contributed by atoms with Gasteiger partial charge in [-0.15, -0.1) is 0 Å². The van der Waals surface area contributed by atoms with Crippen LogP contribution in [-0.2, 0) is 0 Å². The summed E-state index contributed by atoms with van der Waals surface area (Å²) in [4.78, 5) is 28.7. The number of carbonyl (C=O) groups is 1. The maximum absolute atomic E-state index is 13.2. The highest BCUT2D eigenvalue weighted by molar-refractivity contribution is 5.92. The van der Waals surface area contributed by atoms with Gasteiger partial charge in [-0.25, -0.2) is 9.78 Å². The molecule has 0 unspecified atom stereocenters. The number of carboxylic acids is 1. The summed E-state index contributed by atoms with van der Waals surface area (Å²) in [5.74, 6) is -0.582. The van der Waals surface area contributed by atoms with Crippen LogP contribution in [0, 0.1) is 13.8 Å². The second kappa shape index (κ2) is 8.07. The van der Waals surface area contributed by atoms with Crippen LogP contribution in [0.3, 0.4) is 0 Å². The van der Waals surface area contributed by atoms with Crippen molar-refractivity contribution in [2.24, 2.45) is 0 Å². The molecule has 0 saturated carbocycles. The Morgan fingerprint density at radius 2 is 1.84 bits per heavy atom. The van der Waals surface area contributed by atoms with Gasteiger partial charge in [0.2, 0.25) is 0 Å². The fourth-order valence-electron chi connectivity index (χ4n) is 3.76. The van der Waals surface area contributed by atoms with E-state index in [1.807, 2.05) is 56.3 Å². The summed E-state index contributed by atoms with van der Waals surface area (Å²) in [5, 5.41) is 13.2. The molecule has 4 aromatic rings. The van der Waals surface area contributed by atoms with Gasteiger partial charge in [0, 0.05) is 22.9 Å². The minimum Gasteiger partial charge on any atom is -0.476 e. The molecular weight excluding hydrogens is 392 g/mol. The quantitative estimate of drug-likeness (QED) is 0.458. The number of carboxylic acid groups (broad SMARTS) is 1. The number of aryl methyl sites for hydroxylation is 1. The van der Waals surface area contributed by atoms with Gasteiger partial charge in [0.15, 0.2) is 11.1 Å². The van der Waals surface area contributed by atoms with Crippen molar-refractivity contribution in [2.45, 2.75) is 26.8 Å². The van der Waals surface area contributed by atoms with Crippen molar-refractivity contribution in [2.75, 3.05) is 5.32 Å². The lowest BCUT2D eigenvalue weighted by molar-refractivity contribution is 0.0691. The van der Waals surface area contributed by atoms with Gasteiger partial charge in [-0.2, -0.15) is 0 Å². The van der Waals surface area contributed by atoms with Gasteiger partial charge in [0.1, 0.15) is 11.3 Å². The molecule has 0 radical (unpaired) electrons. The van der Waals surface area contributed by atoms with Crippen LogP contribution in [0.1, 0.15) is 40.1 Å². The molecule has 6 nitrogen and oxygen atoms in total. The molecule has 0 saturated heterocycles. The fourth-order valence-corrected chi connectivity index (χ4v) is 3.76. The van der Waals surface area contributed by atoms with E-state index in [1.165, 1.54) is 6.20 Å². The van der Waals surface area contributed by atoms with Crippen LogP contribution in [0.4, 0.5) is 5.69 Å². The average molecular weight is 414 g/mol. The van der Waals surface area contributed by atoms with Gasteiger partial charge in [0.05, 0.1) is 17.1 Å². The monoisotopic (exact) mass is 414 g/mol. The van der Waals surface area contributed by atoms with Gasteiger partial charge in [-0.3, -0.25) is 4.79 Å². The zero-order chi connectivity index (χ0) is 22.1. The Morgan fingerprint density at radius 3 is 2.55 bits per heavy atom. The minimum atomic E-state index is -1.11. The minimum absolute atomic E-state index is 0.0615. The van der Waals surface area contributed by atoms with Crippen molar-refractivity contribution in [3.63, 3.8) is 0 Å². The number of aromatic carboxylic acids is 1. The Kier molecular flexibility index (Phi) is 5.29. The number of hydrogen-bond donors (Lipinski definition) is 2. The molecule has 0 aliphatic heterocycles. The van der Waals surface area contributed by atoms with E-state index in [0.717, 1.165) is 16.7 Å². The summed E-state index contributed by atoms with van der Waals surface area (Å²) in [5.41, 5.74) is 3.81. The van der Waals surface area contributed by atoms with E-state index < -0.39 is 5.97 Å². The van der Waals surface area contributed by atoms with Crippen LogP contribution >= 0.6 is 0 Å². The molecule has 31 heavy (non-hydrogen) atoms. The predicted molar refractivity (Wildman–Crippen MR) is 121 cm³/mol. The summed E-state index contributed by atoms with van der Waals surface area (Å²) in [7, 11) is 0. The smallest absolute Gasteiger partial charge is 0.356 e. The van der Waals surface area contributed by atoms with E-state index in [9.17, 15) is 14.7 Å². The lowest BCUT2D eigenvalue weighted by Gasteiger charge is -2.19. The van der Waals surface area contributed by atoms with Crippen LogP contribution in [0.25, 0.3) is 22.3 Å². The molecule has 1 atom stereocenters. The Morgan fingerprint density at radius 1 is 1.10 bits per heavy atom. The Labute approximate surface area is 179 Å². The van der Waals surface area contributed by atoms with E-state index in [-0.39, 0.29) is 17.2 Å². The molecule has 0 bridgehead atoms. The molecule has 2 heterocycles. The van der Waals surface area contributed by atoms with Crippen molar-refractivity contribution in [3.05, 3.63) is 93.4 Å². The molecule has 0 aliphatic rings.